The largest absolute Gasteiger partial charge is 0.352 e. The highest BCUT2D eigenvalue weighted by Gasteiger charge is 2.39. The predicted molar refractivity (Wildman–Crippen MR) is 53.7 cm³/mol. The normalized spacial score (nSPS) is 20.5. The maximum absolute atomic E-state index is 11.7. The van der Waals surface area contributed by atoms with Crippen LogP contribution >= 0.6 is 0 Å². The molecule has 2 amide bonds. The second kappa shape index (κ2) is 3.98. The Morgan fingerprint density at radius 1 is 1.57 bits per heavy atom. The van der Waals surface area contributed by atoms with Crippen LogP contribution in [-0.4, -0.2) is 35.3 Å². The fraction of sp³-hybridized carbons (Fsp3) is 0.800. The molecule has 0 aromatic carbocycles. The van der Waals surface area contributed by atoms with E-state index in [1.807, 2.05) is 6.92 Å². The summed E-state index contributed by atoms with van der Waals surface area (Å²) < 4.78 is 0. The maximum Gasteiger partial charge on any atom is 0.245 e. The van der Waals surface area contributed by atoms with Gasteiger partial charge >= 0.3 is 0 Å². The van der Waals surface area contributed by atoms with Gasteiger partial charge in [-0.2, -0.15) is 0 Å². The molecule has 1 aliphatic rings. The first-order valence-electron chi connectivity index (χ1n) is 5.09. The van der Waals surface area contributed by atoms with Gasteiger partial charge in [-0.3, -0.25) is 9.59 Å². The average Bonchev–Trinajstić information content (AvgIpc) is 2.10. The third-order valence-electron chi connectivity index (χ3n) is 2.62. The Labute approximate surface area is 84.7 Å². The van der Waals surface area contributed by atoms with E-state index in [4.69, 9.17) is 0 Å². The van der Waals surface area contributed by atoms with E-state index in [-0.39, 0.29) is 11.8 Å². The first kappa shape index (κ1) is 11.0. The molecule has 1 rings (SSSR count). The molecule has 0 bridgehead atoms. The number of hydrogen-bond donors (Lipinski definition) is 1. The van der Waals surface area contributed by atoms with E-state index in [9.17, 15) is 9.59 Å². The first-order valence-corrected chi connectivity index (χ1v) is 5.09. The van der Waals surface area contributed by atoms with Crippen LogP contribution in [0.1, 0.15) is 33.6 Å². The summed E-state index contributed by atoms with van der Waals surface area (Å²) in [7, 11) is 0. The van der Waals surface area contributed by atoms with Crippen molar-refractivity contribution >= 4 is 11.8 Å². The molecule has 4 heteroatoms. The lowest BCUT2D eigenvalue weighted by atomic mass is 9.98. The minimum atomic E-state index is -0.690. The zero-order chi connectivity index (χ0) is 10.8. The van der Waals surface area contributed by atoms with Crippen molar-refractivity contribution in [2.75, 3.05) is 13.1 Å². The van der Waals surface area contributed by atoms with Crippen molar-refractivity contribution in [3.8, 4) is 0 Å². The SMILES string of the molecule is CCCC(=O)N1CCNC(=O)C1(C)C. The number of piperazine rings is 1. The van der Waals surface area contributed by atoms with E-state index in [1.54, 1.807) is 18.7 Å². The molecule has 0 saturated carbocycles. The first-order chi connectivity index (χ1) is 6.50. The van der Waals surface area contributed by atoms with Gasteiger partial charge < -0.3 is 10.2 Å². The topological polar surface area (TPSA) is 49.4 Å². The monoisotopic (exact) mass is 198 g/mol. The molecule has 0 radical (unpaired) electrons. The minimum absolute atomic E-state index is 0.0618. The summed E-state index contributed by atoms with van der Waals surface area (Å²) in [4.78, 5) is 24.9. The average molecular weight is 198 g/mol. The second-order valence-corrected chi connectivity index (χ2v) is 4.11. The summed E-state index contributed by atoms with van der Waals surface area (Å²) in [6, 6.07) is 0. The number of rotatable bonds is 2. The number of carbonyl (C=O) groups excluding carboxylic acids is 2. The lowest BCUT2D eigenvalue weighted by molar-refractivity contribution is -0.149. The van der Waals surface area contributed by atoms with Crippen molar-refractivity contribution in [3.05, 3.63) is 0 Å². The minimum Gasteiger partial charge on any atom is -0.352 e. The van der Waals surface area contributed by atoms with Gasteiger partial charge in [0.2, 0.25) is 11.8 Å². The smallest absolute Gasteiger partial charge is 0.245 e. The van der Waals surface area contributed by atoms with Gasteiger partial charge in [-0.1, -0.05) is 6.92 Å². The molecule has 0 spiro atoms. The summed E-state index contributed by atoms with van der Waals surface area (Å²) in [6.07, 6.45) is 1.35. The fourth-order valence-corrected chi connectivity index (χ4v) is 1.68. The maximum atomic E-state index is 11.7. The van der Waals surface area contributed by atoms with Crippen molar-refractivity contribution < 1.29 is 9.59 Å². The number of hydrogen-bond acceptors (Lipinski definition) is 2. The summed E-state index contributed by atoms with van der Waals surface area (Å²) >= 11 is 0. The molecule has 1 saturated heterocycles. The summed E-state index contributed by atoms with van der Waals surface area (Å²) in [5.41, 5.74) is -0.690. The van der Waals surface area contributed by atoms with Gasteiger partial charge in [0.05, 0.1) is 0 Å². The van der Waals surface area contributed by atoms with Crippen molar-refractivity contribution in [2.24, 2.45) is 0 Å². The van der Waals surface area contributed by atoms with Crippen LogP contribution in [0.3, 0.4) is 0 Å². The fourth-order valence-electron chi connectivity index (χ4n) is 1.68. The Balaban J connectivity index is 2.76. The number of nitrogens with one attached hydrogen (secondary N) is 1. The van der Waals surface area contributed by atoms with E-state index >= 15 is 0 Å². The Morgan fingerprint density at radius 2 is 2.21 bits per heavy atom. The van der Waals surface area contributed by atoms with Crippen LogP contribution in [0.25, 0.3) is 0 Å². The van der Waals surface area contributed by atoms with Crippen molar-refractivity contribution in [2.45, 2.75) is 39.2 Å². The van der Waals surface area contributed by atoms with Gasteiger partial charge in [-0.05, 0) is 20.3 Å². The van der Waals surface area contributed by atoms with Gasteiger partial charge in [0.15, 0.2) is 0 Å². The Bertz CT molecular complexity index is 249. The van der Waals surface area contributed by atoms with Crippen molar-refractivity contribution in [1.29, 1.82) is 0 Å². The molecule has 80 valence electrons. The van der Waals surface area contributed by atoms with Crippen LogP contribution in [0.2, 0.25) is 0 Å². The van der Waals surface area contributed by atoms with E-state index in [2.05, 4.69) is 5.32 Å². The summed E-state index contributed by atoms with van der Waals surface area (Å²) in [5, 5.41) is 2.77. The van der Waals surface area contributed by atoms with Gasteiger partial charge in [-0.15, -0.1) is 0 Å². The third kappa shape index (κ3) is 1.89. The number of amides is 2. The van der Waals surface area contributed by atoms with Crippen molar-refractivity contribution in [1.82, 2.24) is 10.2 Å². The Hall–Kier alpha value is -1.06. The van der Waals surface area contributed by atoms with Gasteiger partial charge in [0.25, 0.3) is 0 Å². The molecule has 1 fully saturated rings. The molecule has 0 aromatic rings. The van der Waals surface area contributed by atoms with E-state index in [1.165, 1.54) is 0 Å². The standard InChI is InChI=1S/C10H18N2O2/c1-4-5-8(13)12-7-6-11-9(14)10(12,2)3/h4-7H2,1-3H3,(H,11,14). The Morgan fingerprint density at radius 3 is 2.79 bits per heavy atom. The van der Waals surface area contributed by atoms with Crippen LogP contribution in [0.15, 0.2) is 0 Å². The molecule has 0 aliphatic carbocycles. The van der Waals surface area contributed by atoms with Crippen molar-refractivity contribution in [3.63, 3.8) is 0 Å². The predicted octanol–water partition coefficient (Wildman–Crippen LogP) is 0.523. The van der Waals surface area contributed by atoms with E-state index in [0.29, 0.717) is 19.5 Å². The lowest BCUT2D eigenvalue weighted by Crippen LogP contribution is -2.63. The summed E-state index contributed by atoms with van der Waals surface area (Å²) in [5.74, 6) is 0.0144. The highest BCUT2D eigenvalue weighted by molar-refractivity contribution is 5.91. The van der Waals surface area contributed by atoms with Crippen LogP contribution in [-0.2, 0) is 9.59 Å². The molecule has 4 nitrogen and oxygen atoms in total. The zero-order valence-corrected chi connectivity index (χ0v) is 9.09. The second-order valence-electron chi connectivity index (χ2n) is 4.11. The van der Waals surface area contributed by atoms with Crippen LogP contribution < -0.4 is 5.32 Å². The quantitative estimate of drug-likeness (QED) is 0.703. The molecule has 1 N–H and O–H groups in total. The molecule has 1 heterocycles. The lowest BCUT2D eigenvalue weighted by Gasteiger charge is -2.41. The molecular weight excluding hydrogens is 180 g/mol. The summed E-state index contributed by atoms with van der Waals surface area (Å²) in [6.45, 7) is 6.73. The molecule has 0 atom stereocenters. The zero-order valence-electron chi connectivity index (χ0n) is 9.09. The van der Waals surface area contributed by atoms with Crippen LogP contribution in [0.5, 0.6) is 0 Å². The highest BCUT2D eigenvalue weighted by Crippen LogP contribution is 2.18. The molecule has 0 unspecified atom stereocenters. The van der Waals surface area contributed by atoms with E-state index < -0.39 is 5.54 Å². The number of carbonyl (C=O) groups is 2. The van der Waals surface area contributed by atoms with Gasteiger partial charge in [0.1, 0.15) is 5.54 Å². The number of nitrogens with zero attached hydrogens (tertiary/aromatic N) is 1. The molecule has 14 heavy (non-hydrogen) atoms. The third-order valence-corrected chi connectivity index (χ3v) is 2.62. The molecular formula is C10H18N2O2. The molecule has 1 aliphatic heterocycles. The van der Waals surface area contributed by atoms with Gasteiger partial charge in [-0.25, -0.2) is 0 Å². The Kier molecular flexibility index (Phi) is 3.13. The van der Waals surface area contributed by atoms with Gasteiger partial charge in [0, 0.05) is 19.5 Å². The molecule has 0 aromatic heterocycles. The van der Waals surface area contributed by atoms with Crippen LogP contribution in [0, 0.1) is 0 Å². The van der Waals surface area contributed by atoms with E-state index in [0.717, 1.165) is 6.42 Å². The highest BCUT2D eigenvalue weighted by atomic mass is 16.2. The van der Waals surface area contributed by atoms with Crippen LogP contribution in [0.4, 0.5) is 0 Å².